The molecule has 0 unspecified atom stereocenters. The molecule has 63 heavy (non-hydrogen) atoms. The molecular weight excluding hydrogens is 803 g/mol. The molecule has 342 valence electrons. The molecule has 1 aliphatic heterocycles. The first kappa shape index (κ1) is 47.7. The number of carbonyl (C=O) groups excluding carboxylic acids is 4. The summed E-state index contributed by atoms with van der Waals surface area (Å²) in [6, 6.07) is 5.81. The van der Waals surface area contributed by atoms with E-state index in [0.29, 0.717) is 41.9 Å². The average molecular weight is 870 g/mol. The maximum atomic E-state index is 14.2. The van der Waals surface area contributed by atoms with E-state index in [4.69, 9.17) is 19.9 Å². The van der Waals surface area contributed by atoms with Gasteiger partial charge in [0.1, 0.15) is 11.9 Å². The number of rotatable bonds is 8. The van der Waals surface area contributed by atoms with E-state index in [2.05, 4.69) is 29.7 Å². The minimum atomic E-state index is -1.01. The van der Waals surface area contributed by atoms with Crippen molar-refractivity contribution in [1.29, 1.82) is 0 Å². The second kappa shape index (κ2) is 20.3. The van der Waals surface area contributed by atoms with Crippen molar-refractivity contribution in [1.82, 2.24) is 10.6 Å². The Labute approximate surface area is 371 Å². The van der Waals surface area contributed by atoms with Gasteiger partial charge in [-0.3, -0.25) is 14.4 Å². The molecule has 7 N–H and O–H groups in total. The number of hydrogen-bond donors (Lipinski definition) is 6. The van der Waals surface area contributed by atoms with Crippen molar-refractivity contribution in [3.8, 4) is 5.75 Å². The van der Waals surface area contributed by atoms with Crippen LogP contribution in [0, 0.1) is 35.0 Å². The zero-order valence-electron chi connectivity index (χ0n) is 37.8. The Bertz CT molecular complexity index is 2100. The summed E-state index contributed by atoms with van der Waals surface area (Å²) in [7, 11) is 2.94. The summed E-state index contributed by atoms with van der Waals surface area (Å²) in [4.78, 5) is 53.3. The largest absolute Gasteiger partial charge is 0.508 e. The Balaban J connectivity index is 1.19. The number of hydrogen-bond acceptors (Lipinski definition) is 11. The van der Waals surface area contributed by atoms with Gasteiger partial charge in [0.2, 0.25) is 11.6 Å². The van der Waals surface area contributed by atoms with Crippen LogP contribution >= 0.6 is 0 Å². The second-order valence-corrected chi connectivity index (χ2v) is 18.8. The summed E-state index contributed by atoms with van der Waals surface area (Å²) in [6.45, 7) is 9.56. The fraction of sp³-hybridized carbons (Fsp3) is 0.560. The Morgan fingerprint density at radius 2 is 1.83 bits per heavy atom. The normalized spacial score (nSPS) is 36.5. The number of methoxy groups -OCH3 is 2. The van der Waals surface area contributed by atoms with Gasteiger partial charge in [0.05, 0.1) is 29.7 Å². The van der Waals surface area contributed by atoms with Crippen LogP contribution in [0.2, 0.25) is 0 Å². The molecule has 2 bridgehead atoms. The van der Waals surface area contributed by atoms with Gasteiger partial charge in [0.15, 0.2) is 6.10 Å². The van der Waals surface area contributed by atoms with Crippen LogP contribution in [-0.4, -0.2) is 90.2 Å². The zero-order chi connectivity index (χ0) is 45.7. The predicted molar refractivity (Wildman–Crippen MR) is 239 cm³/mol. The number of aliphatic hydroxyl groups is 2. The highest BCUT2D eigenvalue weighted by Gasteiger charge is 2.57. The third kappa shape index (κ3) is 10.4. The first-order valence-electron chi connectivity index (χ1n) is 22.4. The summed E-state index contributed by atoms with van der Waals surface area (Å²) in [5.74, 6) is -0.485. The van der Waals surface area contributed by atoms with E-state index < -0.39 is 60.0 Å². The quantitative estimate of drug-likeness (QED) is 0.129. The van der Waals surface area contributed by atoms with Crippen LogP contribution in [-0.2, 0) is 35.0 Å². The standard InChI is InChI=1S/C50H67N3O10/c1-27-21-37-43(52-20-9-8-12-32-25-38-36-16-14-31-24-33(54)15-17-34(31)35(36)18-19-50(38,5)47(32)58)40(55)26-39(45(37)57)53-48(59)28(2)11-10-13-41(61-6)46(63-49(51)60)30(4)23-29(3)44(56)42(22-27)62-7/h8-11,13,15,17,23-24,26-27,29,32,35-36,38,41-42,44,46-47,52,54,56,58H,12,14,16,18-22,25H2,1-7H3,(H2,51,60)(H,53,59)/b9-8+,13-10-,28-11+,30-23+/t27-,29+,32-,35-,36-,38+,41+,42+,44-,46+,47+,50+/m1/s1. The van der Waals surface area contributed by atoms with Crippen molar-refractivity contribution in [2.75, 3.05) is 20.8 Å². The third-order valence-corrected chi connectivity index (χ3v) is 14.6. The van der Waals surface area contributed by atoms with Crippen molar-refractivity contribution in [2.45, 2.75) is 122 Å². The Kier molecular flexibility index (Phi) is 15.4. The Morgan fingerprint density at radius 1 is 1.06 bits per heavy atom. The van der Waals surface area contributed by atoms with E-state index >= 15 is 0 Å². The first-order valence-corrected chi connectivity index (χ1v) is 22.4. The maximum absolute atomic E-state index is 14.2. The van der Waals surface area contributed by atoms with E-state index in [-0.39, 0.29) is 52.8 Å². The number of ether oxygens (including phenoxy) is 3. The molecule has 2 fully saturated rings. The molecule has 1 aromatic rings. The summed E-state index contributed by atoms with van der Waals surface area (Å²) in [5.41, 5.74) is 8.92. The molecule has 2 amide bonds. The lowest BCUT2D eigenvalue weighted by Gasteiger charge is -2.50. The number of nitrogens with two attached hydrogens (primary N) is 1. The van der Waals surface area contributed by atoms with Gasteiger partial charge in [-0.2, -0.15) is 0 Å². The molecule has 6 rings (SSSR count). The molecule has 13 heteroatoms. The number of amides is 2. The third-order valence-electron chi connectivity index (χ3n) is 14.6. The number of ketones is 2. The summed E-state index contributed by atoms with van der Waals surface area (Å²) in [5, 5.41) is 39.2. The number of aliphatic hydroxyl groups excluding tert-OH is 2. The number of phenols is 1. The van der Waals surface area contributed by atoms with Crippen LogP contribution in [0.4, 0.5) is 4.79 Å². The zero-order valence-corrected chi connectivity index (χ0v) is 37.8. The molecule has 0 radical (unpaired) electrons. The lowest BCUT2D eigenvalue weighted by atomic mass is 9.55. The van der Waals surface area contributed by atoms with Gasteiger partial charge in [-0.25, -0.2) is 4.79 Å². The topological polar surface area (TPSA) is 207 Å². The van der Waals surface area contributed by atoms with Gasteiger partial charge < -0.3 is 45.9 Å². The fourth-order valence-electron chi connectivity index (χ4n) is 11.2. The number of fused-ring (bicyclic) bond motifs is 7. The number of nitrogens with one attached hydrogen (secondary N) is 2. The van der Waals surface area contributed by atoms with Crippen LogP contribution in [0.5, 0.6) is 5.75 Å². The van der Waals surface area contributed by atoms with Crippen molar-refractivity contribution >= 4 is 23.6 Å². The van der Waals surface area contributed by atoms with Gasteiger partial charge in [-0.15, -0.1) is 0 Å². The number of aryl methyl sites for hydroxylation is 1. The van der Waals surface area contributed by atoms with Crippen LogP contribution < -0.4 is 16.4 Å². The number of benzene rings is 1. The van der Waals surface area contributed by atoms with Gasteiger partial charge >= 0.3 is 6.09 Å². The predicted octanol–water partition coefficient (Wildman–Crippen LogP) is 6.15. The first-order chi connectivity index (χ1) is 30.0. The van der Waals surface area contributed by atoms with Crippen LogP contribution in [0.25, 0.3) is 0 Å². The lowest BCUT2D eigenvalue weighted by Crippen LogP contribution is -2.44. The fourth-order valence-corrected chi connectivity index (χ4v) is 11.2. The lowest BCUT2D eigenvalue weighted by molar-refractivity contribution is -0.120. The molecule has 2 saturated carbocycles. The molecule has 12 atom stereocenters. The van der Waals surface area contributed by atoms with E-state index in [0.717, 1.165) is 38.2 Å². The van der Waals surface area contributed by atoms with Crippen molar-refractivity contribution in [3.05, 3.63) is 100.0 Å². The molecule has 1 heterocycles. The molecule has 1 aromatic carbocycles. The number of aromatic hydroxyl groups is 1. The smallest absolute Gasteiger partial charge is 0.405 e. The molecular formula is C50H67N3O10. The molecule has 5 aliphatic rings. The monoisotopic (exact) mass is 869 g/mol. The molecule has 0 saturated heterocycles. The second-order valence-electron chi connectivity index (χ2n) is 18.8. The maximum Gasteiger partial charge on any atom is 0.405 e. The van der Waals surface area contributed by atoms with Crippen LogP contribution in [0.3, 0.4) is 0 Å². The molecule has 4 aliphatic carbocycles. The highest BCUT2D eigenvalue weighted by molar-refractivity contribution is 6.23. The van der Waals surface area contributed by atoms with Crippen LogP contribution in [0.1, 0.15) is 96.6 Å². The van der Waals surface area contributed by atoms with Gasteiger partial charge in [0.25, 0.3) is 5.91 Å². The van der Waals surface area contributed by atoms with Crippen molar-refractivity contribution in [3.63, 3.8) is 0 Å². The van der Waals surface area contributed by atoms with Gasteiger partial charge in [0, 0.05) is 43.9 Å². The van der Waals surface area contributed by atoms with Gasteiger partial charge in [-0.05, 0) is 129 Å². The van der Waals surface area contributed by atoms with E-state index in [1.54, 1.807) is 38.1 Å². The van der Waals surface area contributed by atoms with Crippen LogP contribution in [0.15, 0.2) is 88.8 Å². The summed E-state index contributed by atoms with van der Waals surface area (Å²) >= 11 is 0. The summed E-state index contributed by atoms with van der Waals surface area (Å²) in [6.07, 6.45) is 12.8. The van der Waals surface area contributed by atoms with E-state index in [1.807, 2.05) is 26.0 Å². The van der Waals surface area contributed by atoms with Crippen molar-refractivity contribution < 1.29 is 48.7 Å². The molecule has 0 spiro atoms. The number of carbonyl (C=O) groups is 4. The Morgan fingerprint density at radius 3 is 2.54 bits per heavy atom. The average Bonchev–Trinajstić information content (AvgIpc) is 3.50. The highest BCUT2D eigenvalue weighted by Crippen LogP contribution is 2.62. The number of primary amides is 1. The van der Waals surface area contributed by atoms with E-state index in [1.165, 1.54) is 31.4 Å². The number of Topliss-reactive ketones (excluding diaryl/α,β-unsaturated/α-hetero) is 1. The molecule has 0 aromatic heterocycles. The van der Waals surface area contributed by atoms with E-state index in [9.17, 15) is 34.5 Å². The Hall–Kier alpha value is -4.82. The number of allylic oxidation sites excluding steroid dienone is 5. The minimum absolute atomic E-state index is 0.0998. The SMILES string of the molecule is CO[C@H]1/C=C\C=C(/C)C(=O)NC2=CC(=O)C(NC/C=C/C[C@@H]3C[C@H]4[C@@H]5CCc6cc(O)ccc6[C@H]5CC[C@]4(C)[C@H]3O)=C(C[C@@H](C)C[C@H](OC)[C@H](O)[C@@H](C)/C=C(\C)[C@@H]1OC(N)=O)C2=O. The number of phenolic OH excluding ortho intramolecular Hbond substituents is 1. The summed E-state index contributed by atoms with van der Waals surface area (Å²) < 4.78 is 16.8. The molecule has 13 nitrogen and oxygen atoms in total. The van der Waals surface area contributed by atoms with Crippen molar-refractivity contribution in [2.24, 2.45) is 40.7 Å². The minimum Gasteiger partial charge on any atom is -0.508 e. The highest BCUT2D eigenvalue weighted by atomic mass is 16.6. The van der Waals surface area contributed by atoms with Gasteiger partial charge in [-0.1, -0.05) is 63.3 Å².